The second-order valence-corrected chi connectivity index (χ2v) is 5.40. The van der Waals surface area contributed by atoms with Crippen LogP contribution in [0.1, 0.15) is 6.42 Å². The number of carbonyl (C=O) groups is 1. The maximum Gasteiger partial charge on any atom is 0.259 e. The molecule has 1 aromatic carbocycles. The number of amides is 1. The molecule has 3 nitrogen and oxygen atoms in total. The monoisotopic (exact) mass is 273 g/mol. The van der Waals surface area contributed by atoms with E-state index < -0.39 is 23.1 Å². The summed E-state index contributed by atoms with van der Waals surface area (Å²) in [5, 5.41) is 10.1. The SMILES string of the molecule is CN(C(=O)C1(O)CCSC1)c1ccc(F)c(F)c1. The zero-order valence-corrected chi connectivity index (χ0v) is 10.6. The summed E-state index contributed by atoms with van der Waals surface area (Å²) in [6.45, 7) is 0. The van der Waals surface area contributed by atoms with Gasteiger partial charge in [0.05, 0.1) is 0 Å². The smallest absolute Gasteiger partial charge is 0.259 e. The fraction of sp³-hybridized carbons (Fsp3) is 0.417. The topological polar surface area (TPSA) is 40.5 Å². The molecule has 6 heteroatoms. The first-order valence-electron chi connectivity index (χ1n) is 5.47. The fourth-order valence-electron chi connectivity index (χ4n) is 1.85. The van der Waals surface area contributed by atoms with Gasteiger partial charge in [-0.25, -0.2) is 8.78 Å². The minimum absolute atomic E-state index is 0.226. The molecule has 1 heterocycles. The maximum absolute atomic E-state index is 13.1. The average Bonchev–Trinajstić information content (AvgIpc) is 2.79. The van der Waals surface area contributed by atoms with E-state index in [1.54, 1.807) is 0 Å². The maximum atomic E-state index is 13.1. The number of rotatable bonds is 2. The van der Waals surface area contributed by atoms with Crippen molar-refractivity contribution in [3.8, 4) is 0 Å². The molecule has 1 fully saturated rings. The number of hydrogen-bond acceptors (Lipinski definition) is 3. The van der Waals surface area contributed by atoms with Crippen molar-refractivity contribution >= 4 is 23.4 Å². The highest BCUT2D eigenvalue weighted by Crippen LogP contribution is 2.30. The van der Waals surface area contributed by atoms with Gasteiger partial charge in [-0.05, 0) is 24.3 Å². The summed E-state index contributed by atoms with van der Waals surface area (Å²) in [4.78, 5) is 13.3. The highest BCUT2D eigenvalue weighted by atomic mass is 32.2. The van der Waals surface area contributed by atoms with Gasteiger partial charge in [0.25, 0.3) is 5.91 Å². The number of carbonyl (C=O) groups excluding carboxylic acids is 1. The third kappa shape index (κ3) is 2.35. The number of aliphatic hydroxyl groups is 1. The second kappa shape index (κ2) is 4.85. The van der Waals surface area contributed by atoms with E-state index in [0.29, 0.717) is 17.9 Å². The van der Waals surface area contributed by atoms with Crippen molar-refractivity contribution in [1.82, 2.24) is 0 Å². The zero-order chi connectivity index (χ0) is 13.3. The molecule has 1 saturated heterocycles. The van der Waals surface area contributed by atoms with E-state index in [1.807, 2.05) is 0 Å². The standard InChI is InChI=1S/C12H13F2NO2S/c1-15(8-2-3-9(13)10(14)6-8)11(16)12(17)4-5-18-7-12/h2-3,6,17H,4-5,7H2,1H3. The normalized spacial score (nSPS) is 23.1. The largest absolute Gasteiger partial charge is 0.379 e. The van der Waals surface area contributed by atoms with Crippen LogP contribution in [-0.2, 0) is 4.79 Å². The molecule has 1 aliphatic rings. The molecule has 1 N–H and O–H groups in total. The number of anilines is 1. The van der Waals surface area contributed by atoms with Crippen LogP contribution in [0.2, 0.25) is 0 Å². The summed E-state index contributed by atoms with van der Waals surface area (Å²) in [7, 11) is 1.44. The minimum atomic E-state index is -1.40. The first kappa shape index (κ1) is 13.3. The van der Waals surface area contributed by atoms with Crippen LogP contribution in [0.4, 0.5) is 14.5 Å². The predicted molar refractivity (Wildman–Crippen MR) is 66.7 cm³/mol. The molecule has 1 aliphatic heterocycles. The van der Waals surface area contributed by atoms with E-state index in [2.05, 4.69) is 0 Å². The van der Waals surface area contributed by atoms with Gasteiger partial charge in [-0.3, -0.25) is 4.79 Å². The van der Waals surface area contributed by atoms with Crippen LogP contribution in [0.3, 0.4) is 0 Å². The van der Waals surface area contributed by atoms with Crippen molar-refractivity contribution in [3.05, 3.63) is 29.8 Å². The second-order valence-electron chi connectivity index (χ2n) is 4.30. The van der Waals surface area contributed by atoms with Gasteiger partial charge in [-0.15, -0.1) is 0 Å². The Labute approximate surface area is 108 Å². The van der Waals surface area contributed by atoms with Crippen molar-refractivity contribution in [2.75, 3.05) is 23.5 Å². The lowest BCUT2D eigenvalue weighted by molar-refractivity contribution is -0.134. The van der Waals surface area contributed by atoms with Crippen molar-refractivity contribution in [1.29, 1.82) is 0 Å². The molecule has 0 bridgehead atoms. The van der Waals surface area contributed by atoms with Gasteiger partial charge in [0.2, 0.25) is 0 Å². The van der Waals surface area contributed by atoms with Gasteiger partial charge in [0.15, 0.2) is 17.2 Å². The Balaban J connectivity index is 2.22. The molecule has 1 aromatic rings. The molecule has 1 amide bonds. The van der Waals surface area contributed by atoms with Crippen LogP contribution in [-0.4, -0.2) is 35.2 Å². The van der Waals surface area contributed by atoms with Crippen LogP contribution < -0.4 is 4.90 Å². The highest BCUT2D eigenvalue weighted by molar-refractivity contribution is 7.99. The van der Waals surface area contributed by atoms with Gasteiger partial charge >= 0.3 is 0 Å². The molecule has 0 aliphatic carbocycles. The lowest BCUT2D eigenvalue weighted by Crippen LogP contribution is -2.48. The van der Waals surface area contributed by atoms with Gasteiger partial charge in [0, 0.05) is 24.6 Å². The van der Waals surface area contributed by atoms with Crippen molar-refractivity contribution in [2.24, 2.45) is 0 Å². The molecular formula is C12H13F2NO2S. The lowest BCUT2D eigenvalue weighted by atomic mass is 10.0. The van der Waals surface area contributed by atoms with Crippen LogP contribution >= 0.6 is 11.8 Å². The van der Waals surface area contributed by atoms with Crippen LogP contribution in [0.25, 0.3) is 0 Å². The molecule has 2 rings (SSSR count). The number of benzene rings is 1. The Bertz CT molecular complexity index is 475. The van der Waals surface area contributed by atoms with Crippen molar-refractivity contribution in [2.45, 2.75) is 12.0 Å². The Morgan fingerprint density at radius 3 is 2.72 bits per heavy atom. The molecular weight excluding hydrogens is 260 g/mol. The van der Waals surface area contributed by atoms with E-state index >= 15 is 0 Å². The Hall–Kier alpha value is -1.14. The third-order valence-electron chi connectivity index (χ3n) is 2.99. The van der Waals surface area contributed by atoms with Crippen LogP contribution in [0.15, 0.2) is 18.2 Å². The molecule has 18 heavy (non-hydrogen) atoms. The molecule has 98 valence electrons. The van der Waals surface area contributed by atoms with Gasteiger partial charge < -0.3 is 10.0 Å². The quantitative estimate of drug-likeness (QED) is 0.893. The third-order valence-corrected chi connectivity index (χ3v) is 4.17. The summed E-state index contributed by atoms with van der Waals surface area (Å²) >= 11 is 1.50. The summed E-state index contributed by atoms with van der Waals surface area (Å²) < 4.78 is 25.9. The first-order valence-corrected chi connectivity index (χ1v) is 6.63. The van der Waals surface area contributed by atoms with Crippen molar-refractivity contribution < 1.29 is 18.7 Å². The van der Waals surface area contributed by atoms with Gasteiger partial charge in [0.1, 0.15) is 0 Å². The number of likely N-dealkylation sites (N-methyl/N-ethyl adjacent to an activating group) is 1. The molecule has 0 radical (unpaired) electrons. The number of nitrogens with zero attached hydrogens (tertiary/aromatic N) is 1. The average molecular weight is 273 g/mol. The fourth-order valence-corrected chi connectivity index (χ4v) is 3.08. The minimum Gasteiger partial charge on any atom is -0.379 e. The van der Waals surface area contributed by atoms with E-state index in [-0.39, 0.29) is 5.69 Å². The number of halogens is 2. The Morgan fingerprint density at radius 1 is 1.44 bits per heavy atom. The molecule has 0 spiro atoms. The molecule has 0 saturated carbocycles. The Morgan fingerprint density at radius 2 is 2.17 bits per heavy atom. The zero-order valence-electron chi connectivity index (χ0n) is 9.82. The molecule has 1 atom stereocenters. The van der Waals surface area contributed by atoms with Crippen LogP contribution in [0, 0.1) is 11.6 Å². The van der Waals surface area contributed by atoms with E-state index in [9.17, 15) is 18.7 Å². The van der Waals surface area contributed by atoms with Gasteiger partial charge in [-0.2, -0.15) is 11.8 Å². The summed E-state index contributed by atoms with van der Waals surface area (Å²) in [6, 6.07) is 3.21. The van der Waals surface area contributed by atoms with E-state index in [4.69, 9.17) is 0 Å². The highest BCUT2D eigenvalue weighted by Gasteiger charge is 2.41. The van der Waals surface area contributed by atoms with E-state index in [1.165, 1.54) is 24.9 Å². The molecule has 0 aromatic heterocycles. The lowest BCUT2D eigenvalue weighted by Gasteiger charge is -2.27. The van der Waals surface area contributed by atoms with E-state index in [0.717, 1.165) is 17.0 Å². The first-order chi connectivity index (χ1) is 8.44. The predicted octanol–water partition coefficient (Wildman–Crippen LogP) is 1.80. The summed E-state index contributed by atoms with van der Waals surface area (Å²) in [5.41, 5.74) is -1.17. The van der Waals surface area contributed by atoms with Gasteiger partial charge in [-0.1, -0.05) is 0 Å². The van der Waals surface area contributed by atoms with Crippen molar-refractivity contribution in [3.63, 3.8) is 0 Å². The number of hydrogen-bond donors (Lipinski definition) is 1. The molecule has 1 unspecified atom stereocenters. The van der Waals surface area contributed by atoms with Crippen LogP contribution in [0.5, 0.6) is 0 Å². The summed E-state index contributed by atoms with van der Waals surface area (Å²) in [6.07, 6.45) is 0.379. The summed E-state index contributed by atoms with van der Waals surface area (Å²) in [5.74, 6) is -1.42. The Kier molecular flexibility index (Phi) is 3.59. The number of thioether (sulfide) groups is 1.